The van der Waals surface area contributed by atoms with Gasteiger partial charge in [-0.05, 0) is 49.8 Å². The van der Waals surface area contributed by atoms with Crippen molar-refractivity contribution in [3.8, 4) is 0 Å². The number of carbonyl (C=O) groups is 2. The van der Waals surface area contributed by atoms with Gasteiger partial charge in [0.2, 0.25) is 5.91 Å². The second kappa shape index (κ2) is 16.2. The maximum Gasteiger partial charge on any atom is 0.290 e. The van der Waals surface area contributed by atoms with Gasteiger partial charge in [0.1, 0.15) is 0 Å². The molecule has 2 aromatic rings. The fourth-order valence-electron chi connectivity index (χ4n) is 5.29. The van der Waals surface area contributed by atoms with Crippen molar-refractivity contribution in [1.29, 1.82) is 0 Å². The molecule has 2 aliphatic rings. The lowest BCUT2D eigenvalue weighted by Crippen LogP contribution is -2.56. The van der Waals surface area contributed by atoms with E-state index in [2.05, 4.69) is 23.7 Å². The number of ether oxygens (including phenoxy) is 2. The summed E-state index contributed by atoms with van der Waals surface area (Å²) < 4.78 is 12.7. The summed E-state index contributed by atoms with van der Waals surface area (Å²) in [5.41, 5.74) is 1.81. The van der Waals surface area contributed by atoms with Gasteiger partial charge in [-0.1, -0.05) is 26.0 Å². The number of amides is 2. The molecular weight excluding hydrogens is 514 g/mol. The van der Waals surface area contributed by atoms with Crippen LogP contribution in [0.4, 0.5) is 0 Å². The third-order valence-corrected chi connectivity index (χ3v) is 7.09. The average Bonchev–Trinajstić information content (AvgIpc) is 3.32. The highest BCUT2D eigenvalue weighted by Gasteiger charge is 2.36. The molecule has 0 spiro atoms. The van der Waals surface area contributed by atoms with Gasteiger partial charge in [0, 0.05) is 59.0 Å². The number of carbonyl (C=O) groups excluding carboxylic acids is 2. The minimum absolute atomic E-state index is 0.0575. The van der Waals surface area contributed by atoms with Crippen LogP contribution in [0.25, 0.3) is 11.0 Å². The van der Waals surface area contributed by atoms with Gasteiger partial charge in [-0.25, -0.2) is 4.98 Å². The average molecular weight is 562 g/mol. The Morgan fingerprint density at radius 3 is 2.59 bits per heavy atom. The van der Waals surface area contributed by atoms with Gasteiger partial charge in [-0.2, -0.15) is 11.8 Å². The number of nitrogens with zero attached hydrogens (tertiary/aromatic N) is 4. The largest absolute Gasteiger partial charge is 0.385 e. The van der Waals surface area contributed by atoms with Gasteiger partial charge in [0.25, 0.3) is 5.91 Å². The Balaban J connectivity index is 0.00000134. The van der Waals surface area contributed by atoms with Gasteiger partial charge in [-0.15, -0.1) is 0 Å². The lowest BCUT2D eigenvalue weighted by molar-refractivity contribution is -0.140. The molecule has 2 saturated heterocycles. The number of fused-ring (bicyclic) bond motifs is 1. The number of para-hydroxylation sites is 2. The topological polar surface area (TPSA) is 88.9 Å². The summed E-state index contributed by atoms with van der Waals surface area (Å²) >= 11 is 1.75. The molecule has 9 nitrogen and oxygen atoms in total. The Hall–Kier alpha value is -2.14. The zero-order valence-corrected chi connectivity index (χ0v) is 25.2. The standard InChI is InChI=1S/C27H41N5O4.C2H6S/c1-20(2)19-32(22-16-21(17-28-18-22)26(33)30-11-14-36-15-12-30)27(34)25-29-23-8-4-5-9-24(23)31(25)10-6-7-13-35-3;1-3-2/h4-5,8-9,20-22,28H,6-7,10-19H2,1-3H3;1-2H3. The van der Waals surface area contributed by atoms with E-state index in [1.165, 1.54) is 0 Å². The molecule has 0 saturated carbocycles. The smallest absolute Gasteiger partial charge is 0.290 e. The summed E-state index contributed by atoms with van der Waals surface area (Å²) in [6, 6.07) is 7.87. The van der Waals surface area contributed by atoms with E-state index in [1.54, 1.807) is 18.9 Å². The van der Waals surface area contributed by atoms with Gasteiger partial charge in [-0.3, -0.25) is 9.59 Å². The van der Waals surface area contributed by atoms with Crippen molar-refractivity contribution in [2.24, 2.45) is 11.8 Å². The zero-order chi connectivity index (χ0) is 28.2. The van der Waals surface area contributed by atoms with E-state index in [0.717, 1.165) is 23.9 Å². The molecular formula is C29H47N5O4S. The number of benzene rings is 1. The van der Waals surface area contributed by atoms with Crippen LogP contribution < -0.4 is 5.32 Å². The van der Waals surface area contributed by atoms with E-state index < -0.39 is 0 Å². The highest BCUT2D eigenvalue weighted by molar-refractivity contribution is 7.97. The number of unbranched alkanes of at least 4 members (excludes halogenated alkanes) is 1. The first-order chi connectivity index (χ1) is 18.9. The zero-order valence-electron chi connectivity index (χ0n) is 24.4. The minimum atomic E-state index is -0.142. The first-order valence-corrected chi connectivity index (χ1v) is 15.8. The molecule has 2 unspecified atom stereocenters. The van der Waals surface area contributed by atoms with Crippen molar-refractivity contribution in [3.05, 3.63) is 30.1 Å². The molecule has 4 rings (SSSR count). The molecule has 2 atom stereocenters. The Kier molecular flexibility index (Phi) is 13.0. The number of rotatable bonds is 10. The Labute approximate surface area is 238 Å². The molecule has 218 valence electrons. The normalized spacial score (nSPS) is 19.6. The van der Waals surface area contributed by atoms with Gasteiger partial charge >= 0.3 is 0 Å². The van der Waals surface area contributed by atoms with Crippen molar-refractivity contribution in [3.63, 3.8) is 0 Å². The first kappa shape index (κ1) is 31.4. The monoisotopic (exact) mass is 561 g/mol. The van der Waals surface area contributed by atoms with Crippen LogP contribution in [-0.4, -0.2) is 109 Å². The molecule has 1 aromatic carbocycles. The minimum Gasteiger partial charge on any atom is -0.385 e. The van der Waals surface area contributed by atoms with Crippen LogP contribution in [0.3, 0.4) is 0 Å². The number of thioether (sulfide) groups is 1. The molecule has 2 amide bonds. The third-order valence-electron chi connectivity index (χ3n) is 7.09. The number of hydrogen-bond acceptors (Lipinski definition) is 7. The molecule has 2 aliphatic heterocycles. The number of morpholine rings is 1. The summed E-state index contributed by atoms with van der Waals surface area (Å²) in [7, 11) is 1.71. The number of aryl methyl sites for hydroxylation is 1. The highest BCUT2D eigenvalue weighted by Crippen LogP contribution is 2.24. The molecule has 1 N–H and O–H groups in total. The Morgan fingerprint density at radius 1 is 1.18 bits per heavy atom. The Morgan fingerprint density at radius 2 is 1.90 bits per heavy atom. The number of methoxy groups -OCH3 is 1. The molecule has 39 heavy (non-hydrogen) atoms. The van der Waals surface area contributed by atoms with E-state index in [1.807, 2.05) is 46.6 Å². The summed E-state index contributed by atoms with van der Waals surface area (Å²) in [6.45, 7) is 10.1. The lowest BCUT2D eigenvalue weighted by atomic mass is 9.92. The van der Waals surface area contributed by atoms with E-state index >= 15 is 0 Å². The number of aromatic nitrogens is 2. The van der Waals surface area contributed by atoms with Crippen LogP contribution in [0.15, 0.2) is 24.3 Å². The Bertz CT molecular complexity index is 1040. The van der Waals surface area contributed by atoms with E-state index in [4.69, 9.17) is 14.5 Å². The van der Waals surface area contributed by atoms with Crippen molar-refractivity contribution >= 4 is 34.6 Å². The predicted octanol–water partition coefficient (Wildman–Crippen LogP) is 3.38. The third kappa shape index (κ3) is 8.67. The van der Waals surface area contributed by atoms with Crippen LogP contribution in [0.5, 0.6) is 0 Å². The second-order valence-electron chi connectivity index (χ2n) is 10.7. The molecule has 0 aliphatic carbocycles. The summed E-state index contributed by atoms with van der Waals surface area (Å²) in [6.07, 6.45) is 6.57. The number of nitrogens with one attached hydrogen (secondary N) is 1. The summed E-state index contributed by atoms with van der Waals surface area (Å²) in [5, 5.41) is 3.44. The second-order valence-corrected chi connectivity index (χ2v) is 11.5. The molecule has 0 radical (unpaired) electrons. The van der Waals surface area contributed by atoms with Crippen LogP contribution >= 0.6 is 11.8 Å². The SMILES string of the molecule is COCCCCn1c(C(=O)N(CC(C)C)C2CNCC(C(=O)N3CCOCC3)C2)nc2ccccc21.CSC. The van der Waals surface area contributed by atoms with Crippen LogP contribution in [0, 0.1) is 11.8 Å². The van der Waals surface area contributed by atoms with Crippen molar-refractivity contribution in [2.45, 2.75) is 45.7 Å². The lowest BCUT2D eigenvalue weighted by Gasteiger charge is -2.40. The van der Waals surface area contributed by atoms with Gasteiger partial charge in [0.05, 0.1) is 30.2 Å². The number of imidazole rings is 1. The molecule has 10 heteroatoms. The van der Waals surface area contributed by atoms with Crippen LogP contribution in [0.2, 0.25) is 0 Å². The molecule has 2 fully saturated rings. The van der Waals surface area contributed by atoms with Crippen LogP contribution in [-0.2, 0) is 20.8 Å². The summed E-state index contributed by atoms with van der Waals surface area (Å²) in [5.74, 6) is 0.743. The highest BCUT2D eigenvalue weighted by atomic mass is 32.2. The van der Waals surface area contributed by atoms with Crippen LogP contribution in [0.1, 0.15) is 43.7 Å². The van der Waals surface area contributed by atoms with E-state index in [9.17, 15) is 9.59 Å². The number of hydrogen-bond donors (Lipinski definition) is 1. The molecule has 3 heterocycles. The quantitative estimate of drug-likeness (QED) is 0.445. The fourth-order valence-corrected chi connectivity index (χ4v) is 5.29. The molecule has 0 bridgehead atoms. The summed E-state index contributed by atoms with van der Waals surface area (Å²) in [4.78, 5) is 36.0. The van der Waals surface area contributed by atoms with Gasteiger partial charge in [0.15, 0.2) is 5.82 Å². The van der Waals surface area contributed by atoms with E-state index in [0.29, 0.717) is 77.3 Å². The first-order valence-electron chi connectivity index (χ1n) is 14.1. The van der Waals surface area contributed by atoms with Crippen molar-refractivity contribution < 1.29 is 19.1 Å². The predicted molar refractivity (Wildman–Crippen MR) is 158 cm³/mol. The maximum atomic E-state index is 14.1. The molecule has 1 aromatic heterocycles. The van der Waals surface area contributed by atoms with Gasteiger partial charge < -0.3 is 29.2 Å². The maximum absolute atomic E-state index is 14.1. The van der Waals surface area contributed by atoms with Crippen molar-refractivity contribution in [1.82, 2.24) is 24.7 Å². The van der Waals surface area contributed by atoms with Crippen molar-refractivity contribution in [2.75, 3.05) is 72.2 Å². The fraction of sp³-hybridized carbons (Fsp3) is 0.690. The van der Waals surface area contributed by atoms with E-state index in [-0.39, 0.29) is 23.8 Å². The number of piperidine rings is 1.